The van der Waals surface area contributed by atoms with Gasteiger partial charge in [-0.05, 0) is 24.3 Å². The lowest BCUT2D eigenvalue weighted by Crippen LogP contribution is -2.25. The molecule has 0 aliphatic rings. The molecule has 0 radical (unpaired) electrons. The highest BCUT2D eigenvalue weighted by atomic mass is 32.2. The first-order valence-electron chi connectivity index (χ1n) is 5.30. The minimum atomic E-state index is -3.83. The molecule has 0 aliphatic heterocycles. The Morgan fingerprint density at radius 2 is 1.42 bits per heavy atom. The fourth-order valence-corrected chi connectivity index (χ4v) is 3.00. The van der Waals surface area contributed by atoms with E-state index in [9.17, 15) is 12.6 Å². The standard InChI is InChI=1S/C12H11NO4S2/c14-18(11-7-3-1-4-8-11)17-13-19(15,16)12-9-5-2-6-10-12/h1-10,13H. The van der Waals surface area contributed by atoms with Gasteiger partial charge in [-0.2, -0.15) is 4.28 Å². The Balaban J connectivity index is 2.05. The summed E-state index contributed by atoms with van der Waals surface area (Å²) in [7, 11) is -3.83. The van der Waals surface area contributed by atoms with Crippen LogP contribution in [0.3, 0.4) is 0 Å². The lowest BCUT2D eigenvalue weighted by molar-refractivity contribution is 0.298. The lowest BCUT2D eigenvalue weighted by atomic mass is 10.4. The van der Waals surface area contributed by atoms with Crippen LogP contribution in [-0.2, 0) is 25.4 Å². The van der Waals surface area contributed by atoms with Crippen molar-refractivity contribution < 1.29 is 16.9 Å². The third kappa shape index (κ3) is 3.71. The van der Waals surface area contributed by atoms with Gasteiger partial charge in [-0.3, -0.25) is 0 Å². The Morgan fingerprint density at radius 1 is 0.895 bits per heavy atom. The molecule has 0 saturated heterocycles. The molecule has 0 fully saturated rings. The molecule has 0 aromatic heterocycles. The number of hydrogen-bond donors (Lipinski definition) is 1. The van der Waals surface area contributed by atoms with Gasteiger partial charge in [0.1, 0.15) is 0 Å². The van der Waals surface area contributed by atoms with Crippen molar-refractivity contribution in [3.8, 4) is 0 Å². The van der Waals surface area contributed by atoms with Gasteiger partial charge < -0.3 is 0 Å². The molecule has 0 heterocycles. The fraction of sp³-hybridized carbons (Fsp3) is 0. The molecule has 2 rings (SSSR count). The quantitative estimate of drug-likeness (QED) is 0.851. The van der Waals surface area contributed by atoms with Crippen LogP contribution in [0.15, 0.2) is 70.5 Å². The van der Waals surface area contributed by atoms with Gasteiger partial charge in [-0.25, -0.2) is 12.6 Å². The third-order valence-corrected chi connectivity index (χ3v) is 4.40. The zero-order chi connectivity index (χ0) is 13.7. The van der Waals surface area contributed by atoms with Crippen molar-refractivity contribution in [2.45, 2.75) is 9.79 Å². The average molecular weight is 297 g/mol. The Labute approximate surface area is 113 Å². The van der Waals surface area contributed by atoms with Crippen LogP contribution in [0.25, 0.3) is 0 Å². The molecular weight excluding hydrogens is 286 g/mol. The predicted molar refractivity (Wildman–Crippen MR) is 70.7 cm³/mol. The molecule has 0 bridgehead atoms. The maximum Gasteiger partial charge on any atom is 0.263 e. The van der Waals surface area contributed by atoms with Crippen LogP contribution < -0.4 is 4.89 Å². The first kappa shape index (κ1) is 13.9. The third-order valence-electron chi connectivity index (χ3n) is 2.21. The van der Waals surface area contributed by atoms with E-state index in [0.717, 1.165) is 0 Å². The highest BCUT2D eigenvalue weighted by Gasteiger charge is 2.15. The van der Waals surface area contributed by atoms with E-state index >= 15 is 0 Å². The second-order valence-corrected chi connectivity index (χ2v) is 6.28. The van der Waals surface area contributed by atoms with E-state index in [1.54, 1.807) is 48.5 Å². The summed E-state index contributed by atoms with van der Waals surface area (Å²) >= 11 is -1.89. The molecule has 100 valence electrons. The van der Waals surface area contributed by atoms with E-state index in [1.165, 1.54) is 12.1 Å². The largest absolute Gasteiger partial charge is 0.263 e. The van der Waals surface area contributed by atoms with E-state index in [0.29, 0.717) is 4.90 Å². The summed E-state index contributed by atoms with van der Waals surface area (Å²) in [5.41, 5.74) is 0. The van der Waals surface area contributed by atoms with E-state index in [-0.39, 0.29) is 4.90 Å². The molecule has 2 aromatic carbocycles. The number of sulfonamides is 1. The van der Waals surface area contributed by atoms with Gasteiger partial charge >= 0.3 is 0 Å². The molecule has 1 atom stereocenters. The van der Waals surface area contributed by atoms with Gasteiger partial charge in [-0.1, -0.05) is 41.3 Å². The van der Waals surface area contributed by atoms with Crippen LogP contribution in [0, 0.1) is 0 Å². The number of rotatable bonds is 5. The van der Waals surface area contributed by atoms with Crippen LogP contribution in [0.4, 0.5) is 0 Å². The van der Waals surface area contributed by atoms with Crippen molar-refractivity contribution in [2.75, 3.05) is 0 Å². The van der Waals surface area contributed by atoms with E-state index in [2.05, 4.69) is 4.28 Å². The van der Waals surface area contributed by atoms with Crippen LogP contribution in [-0.4, -0.2) is 12.6 Å². The van der Waals surface area contributed by atoms with Crippen LogP contribution in [0.2, 0.25) is 0 Å². The monoisotopic (exact) mass is 297 g/mol. The van der Waals surface area contributed by atoms with Gasteiger partial charge in [0.2, 0.25) is 11.1 Å². The molecule has 1 N–H and O–H groups in total. The number of nitrogens with one attached hydrogen (secondary N) is 1. The summed E-state index contributed by atoms with van der Waals surface area (Å²) in [4.78, 5) is 2.26. The minimum Gasteiger partial charge on any atom is -0.223 e. The summed E-state index contributed by atoms with van der Waals surface area (Å²) in [6, 6.07) is 16.0. The average Bonchev–Trinajstić information content (AvgIpc) is 2.47. The van der Waals surface area contributed by atoms with Gasteiger partial charge in [0, 0.05) is 0 Å². The molecule has 0 aliphatic carbocycles. The molecule has 0 saturated carbocycles. The predicted octanol–water partition coefficient (Wildman–Crippen LogP) is 1.62. The first-order valence-corrected chi connectivity index (χ1v) is 7.86. The van der Waals surface area contributed by atoms with E-state index < -0.39 is 21.1 Å². The number of hydrogen-bond acceptors (Lipinski definition) is 4. The SMILES string of the molecule is O=S(ONS(=O)(=O)c1ccccc1)c1ccccc1. The fourth-order valence-electron chi connectivity index (χ4n) is 1.30. The second-order valence-electron chi connectivity index (χ2n) is 3.53. The molecule has 5 nitrogen and oxygen atoms in total. The van der Waals surface area contributed by atoms with Crippen molar-refractivity contribution in [1.82, 2.24) is 4.89 Å². The lowest BCUT2D eigenvalue weighted by Gasteiger charge is -2.06. The Morgan fingerprint density at radius 3 is 2.00 bits per heavy atom. The molecule has 0 amide bonds. The number of benzene rings is 2. The minimum absolute atomic E-state index is 0.0417. The maximum absolute atomic E-state index is 11.8. The summed E-state index contributed by atoms with van der Waals surface area (Å²) in [5, 5.41) is 0. The van der Waals surface area contributed by atoms with Crippen molar-refractivity contribution in [3.05, 3.63) is 60.7 Å². The molecule has 2 aromatic rings. The molecule has 7 heteroatoms. The first-order chi connectivity index (χ1) is 9.09. The Bertz CT molecular complexity index is 657. The van der Waals surface area contributed by atoms with E-state index in [1.807, 2.05) is 4.89 Å². The normalized spacial score (nSPS) is 13.1. The summed E-state index contributed by atoms with van der Waals surface area (Å²) < 4.78 is 40.0. The van der Waals surface area contributed by atoms with Crippen molar-refractivity contribution in [1.29, 1.82) is 0 Å². The van der Waals surface area contributed by atoms with Crippen molar-refractivity contribution in [3.63, 3.8) is 0 Å². The van der Waals surface area contributed by atoms with Gasteiger partial charge in [-0.15, -0.1) is 0 Å². The molecule has 0 spiro atoms. The molecular formula is C12H11NO4S2. The maximum atomic E-state index is 11.8. The van der Waals surface area contributed by atoms with Crippen LogP contribution in [0.5, 0.6) is 0 Å². The van der Waals surface area contributed by atoms with Crippen LogP contribution >= 0.6 is 0 Å². The zero-order valence-corrected chi connectivity index (χ0v) is 11.4. The zero-order valence-electron chi connectivity index (χ0n) is 9.72. The highest BCUT2D eigenvalue weighted by molar-refractivity contribution is 7.90. The summed E-state index contributed by atoms with van der Waals surface area (Å²) in [6.45, 7) is 0. The van der Waals surface area contributed by atoms with Crippen molar-refractivity contribution in [2.24, 2.45) is 0 Å². The Hall–Kier alpha value is -1.54. The van der Waals surface area contributed by atoms with Gasteiger partial charge in [0.15, 0.2) is 0 Å². The molecule has 19 heavy (non-hydrogen) atoms. The second kappa shape index (κ2) is 6.07. The summed E-state index contributed by atoms with van der Waals surface area (Å²) in [6.07, 6.45) is 0. The van der Waals surface area contributed by atoms with Gasteiger partial charge in [0.25, 0.3) is 10.0 Å². The smallest absolute Gasteiger partial charge is 0.223 e. The Kier molecular flexibility index (Phi) is 4.43. The van der Waals surface area contributed by atoms with E-state index in [4.69, 9.17) is 0 Å². The van der Waals surface area contributed by atoms with Gasteiger partial charge in [0.05, 0.1) is 9.79 Å². The van der Waals surface area contributed by atoms with Crippen molar-refractivity contribution >= 4 is 21.1 Å². The topological polar surface area (TPSA) is 72.5 Å². The molecule has 1 unspecified atom stereocenters. The van der Waals surface area contributed by atoms with Crippen LogP contribution in [0.1, 0.15) is 0 Å². The summed E-state index contributed by atoms with van der Waals surface area (Å²) in [5.74, 6) is 0. The highest BCUT2D eigenvalue weighted by Crippen LogP contribution is 2.09.